The summed E-state index contributed by atoms with van der Waals surface area (Å²) in [6.45, 7) is 0.304. The molecular weight excluding hydrogens is 192 g/mol. The number of carboxylic acid groups (broad SMARTS) is 1. The molecule has 4 heteroatoms. The molecule has 0 aliphatic heterocycles. The first kappa shape index (κ1) is 9.45. The van der Waals surface area contributed by atoms with Gasteiger partial charge in [0, 0.05) is 18.1 Å². The highest BCUT2D eigenvalue weighted by Crippen LogP contribution is 2.15. The largest absolute Gasteiger partial charge is 0.465 e. The first-order chi connectivity index (χ1) is 7.27. The number of nitrogens with one attached hydrogen (secondary N) is 1. The van der Waals surface area contributed by atoms with Crippen LogP contribution in [-0.4, -0.2) is 16.2 Å². The van der Waals surface area contributed by atoms with E-state index in [9.17, 15) is 4.79 Å². The third-order valence-electron chi connectivity index (χ3n) is 2.17. The zero-order valence-corrected chi connectivity index (χ0v) is 7.97. The molecule has 0 radical (unpaired) electrons. The molecule has 76 valence electrons. The van der Waals surface area contributed by atoms with Crippen molar-refractivity contribution in [3.8, 4) is 0 Å². The van der Waals surface area contributed by atoms with E-state index in [2.05, 4.69) is 10.3 Å². The minimum Gasteiger partial charge on any atom is -0.465 e. The van der Waals surface area contributed by atoms with E-state index in [-0.39, 0.29) is 0 Å². The van der Waals surface area contributed by atoms with Gasteiger partial charge in [0.05, 0.1) is 5.52 Å². The van der Waals surface area contributed by atoms with Crippen molar-refractivity contribution in [3.63, 3.8) is 0 Å². The Balaban J connectivity index is 2.38. The Morgan fingerprint density at radius 2 is 2.13 bits per heavy atom. The molecule has 2 N–H and O–H groups in total. The van der Waals surface area contributed by atoms with Crippen LogP contribution in [0, 0.1) is 0 Å². The lowest BCUT2D eigenvalue weighted by Gasteiger charge is -2.05. The number of amides is 1. The fraction of sp³-hybridized carbons (Fsp3) is 0.0909. The van der Waals surface area contributed by atoms with Crippen LogP contribution in [0.3, 0.4) is 0 Å². The molecule has 0 aliphatic carbocycles. The minimum atomic E-state index is -1.02. The molecule has 0 unspecified atom stereocenters. The number of hydrogen-bond donors (Lipinski definition) is 2. The number of benzene rings is 1. The van der Waals surface area contributed by atoms with Crippen LogP contribution in [0.4, 0.5) is 4.79 Å². The molecule has 2 rings (SSSR count). The predicted octanol–water partition coefficient (Wildman–Crippen LogP) is 2.00. The van der Waals surface area contributed by atoms with Crippen LogP contribution in [-0.2, 0) is 6.54 Å². The van der Waals surface area contributed by atoms with Crippen LogP contribution >= 0.6 is 0 Å². The molecule has 0 atom stereocenters. The van der Waals surface area contributed by atoms with Gasteiger partial charge >= 0.3 is 6.09 Å². The van der Waals surface area contributed by atoms with Gasteiger partial charge in [-0.25, -0.2) is 4.79 Å². The van der Waals surface area contributed by atoms with Crippen molar-refractivity contribution >= 4 is 17.0 Å². The van der Waals surface area contributed by atoms with Gasteiger partial charge in [-0.15, -0.1) is 0 Å². The second kappa shape index (κ2) is 3.96. The summed E-state index contributed by atoms with van der Waals surface area (Å²) >= 11 is 0. The number of para-hydroxylation sites is 1. The zero-order chi connectivity index (χ0) is 10.7. The average molecular weight is 202 g/mol. The third kappa shape index (κ3) is 2.04. The van der Waals surface area contributed by atoms with Gasteiger partial charge in [0.2, 0.25) is 0 Å². The maximum absolute atomic E-state index is 10.4. The van der Waals surface area contributed by atoms with Gasteiger partial charge in [-0.05, 0) is 17.7 Å². The lowest BCUT2D eigenvalue weighted by atomic mass is 10.1. The summed E-state index contributed by atoms with van der Waals surface area (Å²) in [7, 11) is 0. The lowest BCUT2D eigenvalue weighted by molar-refractivity contribution is 0.194. The Hall–Kier alpha value is -2.10. The van der Waals surface area contributed by atoms with Gasteiger partial charge in [0.1, 0.15) is 0 Å². The normalized spacial score (nSPS) is 10.1. The SMILES string of the molecule is O=C(O)NCc1ccnc2ccccc12. The lowest BCUT2D eigenvalue weighted by Crippen LogP contribution is -2.20. The van der Waals surface area contributed by atoms with Crippen molar-refractivity contribution in [3.05, 3.63) is 42.1 Å². The van der Waals surface area contributed by atoms with Crippen LogP contribution in [0.2, 0.25) is 0 Å². The van der Waals surface area contributed by atoms with Gasteiger partial charge in [-0.3, -0.25) is 4.98 Å². The van der Waals surface area contributed by atoms with Gasteiger partial charge in [0.15, 0.2) is 0 Å². The van der Waals surface area contributed by atoms with Crippen LogP contribution in [0.15, 0.2) is 36.5 Å². The van der Waals surface area contributed by atoms with E-state index in [1.54, 1.807) is 6.20 Å². The monoisotopic (exact) mass is 202 g/mol. The number of nitrogens with zero attached hydrogens (tertiary/aromatic N) is 1. The summed E-state index contributed by atoms with van der Waals surface area (Å²) in [6.07, 6.45) is 0.664. The van der Waals surface area contributed by atoms with E-state index in [1.165, 1.54) is 0 Å². The van der Waals surface area contributed by atoms with Crippen LogP contribution in [0.1, 0.15) is 5.56 Å². The maximum Gasteiger partial charge on any atom is 0.404 e. The highest BCUT2D eigenvalue weighted by molar-refractivity contribution is 5.82. The molecule has 2 aromatic rings. The van der Waals surface area contributed by atoms with E-state index >= 15 is 0 Å². The Morgan fingerprint density at radius 3 is 2.93 bits per heavy atom. The summed E-state index contributed by atoms with van der Waals surface area (Å²) in [5, 5.41) is 11.8. The molecule has 1 aromatic heterocycles. The second-order valence-corrected chi connectivity index (χ2v) is 3.15. The molecule has 15 heavy (non-hydrogen) atoms. The molecular formula is C11H10N2O2. The van der Waals surface area contributed by atoms with Crippen molar-refractivity contribution in [1.29, 1.82) is 0 Å². The number of aromatic nitrogens is 1. The van der Waals surface area contributed by atoms with Crippen molar-refractivity contribution < 1.29 is 9.90 Å². The molecule has 0 bridgehead atoms. The average Bonchev–Trinajstić information content (AvgIpc) is 2.26. The van der Waals surface area contributed by atoms with Crippen LogP contribution < -0.4 is 5.32 Å². The zero-order valence-electron chi connectivity index (χ0n) is 7.97. The van der Waals surface area contributed by atoms with Gasteiger partial charge in [-0.2, -0.15) is 0 Å². The molecule has 1 heterocycles. The first-order valence-corrected chi connectivity index (χ1v) is 4.57. The van der Waals surface area contributed by atoms with E-state index in [0.717, 1.165) is 16.5 Å². The number of hydrogen-bond acceptors (Lipinski definition) is 2. The summed E-state index contributed by atoms with van der Waals surface area (Å²) in [5.74, 6) is 0. The fourth-order valence-corrected chi connectivity index (χ4v) is 1.48. The van der Waals surface area contributed by atoms with Gasteiger partial charge < -0.3 is 10.4 Å². The van der Waals surface area contributed by atoms with Crippen LogP contribution in [0.5, 0.6) is 0 Å². The molecule has 0 fully saturated rings. The highest BCUT2D eigenvalue weighted by atomic mass is 16.4. The molecule has 4 nitrogen and oxygen atoms in total. The maximum atomic E-state index is 10.4. The molecule has 1 aromatic carbocycles. The molecule has 0 spiro atoms. The Morgan fingerprint density at radius 1 is 1.33 bits per heavy atom. The van der Waals surface area contributed by atoms with E-state index in [0.29, 0.717) is 6.54 Å². The summed E-state index contributed by atoms with van der Waals surface area (Å²) < 4.78 is 0. The van der Waals surface area contributed by atoms with Crippen molar-refractivity contribution in [1.82, 2.24) is 10.3 Å². The Bertz CT molecular complexity index is 491. The first-order valence-electron chi connectivity index (χ1n) is 4.57. The third-order valence-corrected chi connectivity index (χ3v) is 2.17. The number of pyridine rings is 1. The van der Waals surface area contributed by atoms with Gasteiger partial charge in [-0.1, -0.05) is 18.2 Å². The molecule has 0 saturated carbocycles. The minimum absolute atomic E-state index is 0.304. The predicted molar refractivity (Wildman–Crippen MR) is 56.6 cm³/mol. The van der Waals surface area contributed by atoms with Crippen molar-refractivity contribution in [2.45, 2.75) is 6.54 Å². The van der Waals surface area contributed by atoms with Crippen LogP contribution in [0.25, 0.3) is 10.9 Å². The van der Waals surface area contributed by atoms with Crippen molar-refractivity contribution in [2.24, 2.45) is 0 Å². The number of fused-ring (bicyclic) bond motifs is 1. The van der Waals surface area contributed by atoms with E-state index in [4.69, 9.17) is 5.11 Å². The standard InChI is InChI=1S/C11H10N2O2/c14-11(15)13-7-8-5-6-12-10-4-2-1-3-9(8)10/h1-6,13H,7H2,(H,14,15). The van der Waals surface area contributed by atoms with Crippen molar-refractivity contribution in [2.75, 3.05) is 0 Å². The van der Waals surface area contributed by atoms with E-state index < -0.39 is 6.09 Å². The number of rotatable bonds is 2. The smallest absolute Gasteiger partial charge is 0.404 e. The molecule has 0 saturated heterocycles. The van der Waals surface area contributed by atoms with Gasteiger partial charge in [0.25, 0.3) is 0 Å². The number of carbonyl (C=O) groups is 1. The van der Waals surface area contributed by atoms with E-state index in [1.807, 2.05) is 30.3 Å². The topological polar surface area (TPSA) is 62.2 Å². The highest BCUT2D eigenvalue weighted by Gasteiger charge is 2.01. The summed E-state index contributed by atoms with van der Waals surface area (Å²) in [5.41, 5.74) is 1.81. The molecule has 0 aliphatic rings. The summed E-state index contributed by atoms with van der Waals surface area (Å²) in [6, 6.07) is 9.47. The quantitative estimate of drug-likeness (QED) is 0.782. The second-order valence-electron chi connectivity index (χ2n) is 3.15. The Labute approximate surface area is 86.6 Å². The fourth-order valence-electron chi connectivity index (χ4n) is 1.48. The summed E-state index contributed by atoms with van der Waals surface area (Å²) in [4.78, 5) is 14.6. The molecule has 1 amide bonds. The Kier molecular flexibility index (Phi) is 2.49.